The van der Waals surface area contributed by atoms with E-state index >= 15 is 0 Å². The molecule has 1 saturated heterocycles. The maximum Gasteiger partial charge on any atom is 0.410 e. The number of ether oxygens (including phenoxy) is 1. The van der Waals surface area contributed by atoms with Crippen molar-refractivity contribution < 1.29 is 13.9 Å². The van der Waals surface area contributed by atoms with Crippen LogP contribution in [0.15, 0.2) is 48.5 Å². The second-order valence-corrected chi connectivity index (χ2v) is 5.39. The number of carbonyl (C=O) groups excluding carboxylic acids is 1. The standard InChI is InChI=1S/C18H18FN2O2/c19-16-8-4-5-9-17(16)20-10-12-21(13-11-20)18(22)23-14-15-6-2-1-3-7-15/h1-3,5-9H,10-14H2. The summed E-state index contributed by atoms with van der Waals surface area (Å²) in [4.78, 5) is 15.7. The van der Waals surface area contributed by atoms with Crippen LogP contribution in [0, 0.1) is 11.9 Å². The maximum atomic E-state index is 13.8. The van der Waals surface area contributed by atoms with Gasteiger partial charge in [-0.15, -0.1) is 0 Å². The lowest BCUT2D eigenvalue weighted by atomic mass is 10.2. The van der Waals surface area contributed by atoms with Crippen molar-refractivity contribution in [2.75, 3.05) is 31.1 Å². The van der Waals surface area contributed by atoms with Gasteiger partial charge in [0, 0.05) is 26.2 Å². The van der Waals surface area contributed by atoms with Crippen molar-refractivity contribution in [3.63, 3.8) is 0 Å². The lowest BCUT2D eigenvalue weighted by Gasteiger charge is -2.35. The number of nitrogens with zero attached hydrogens (tertiary/aromatic N) is 2. The van der Waals surface area contributed by atoms with E-state index in [1.54, 1.807) is 17.0 Å². The second-order valence-electron chi connectivity index (χ2n) is 5.39. The van der Waals surface area contributed by atoms with E-state index in [0.29, 0.717) is 31.9 Å². The molecule has 0 aromatic heterocycles. The molecular formula is C18H18FN2O2. The molecule has 1 fully saturated rings. The molecule has 0 unspecified atom stereocenters. The molecule has 2 aromatic carbocycles. The van der Waals surface area contributed by atoms with Crippen LogP contribution in [0.1, 0.15) is 5.56 Å². The number of carbonyl (C=O) groups is 1. The van der Waals surface area contributed by atoms with Crippen molar-refractivity contribution in [1.29, 1.82) is 0 Å². The summed E-state index contributed by atoms with van der Waals surface area (Å²) >= 11 is 0. The molecule has 119 valence electrons. The van der Waals surface area contributed by atoms with Gasteiger partial charge < -0.3 is 14.5 Å². The highest BCUT2D eigenvalue weighted by molar-refractivity contribution is 5.68. The van der Waals surface area contributed by atoms with Gasteiger partial charge in [-0.05, 0) is 23.8 Å². The van der Waals surface area contributed by atoms with Gasteiger partial charge in [-0.1, -0.05) is 36.4 Å². The Bertz CT molecular complexity index is 655. The predicted molar refractivity (Wildman–Crippen MR) is 85.6 cm³/mol. The Kier molecular flexibility index (Phi) is 4.76. The van der Waals surface area contributed by atoms with Gasteiger partial charge in [0.1, 0.15) is 12.4 Å². The quantitative estimate of drug-likeness (QED) is 0.873. The molecule has 1 aliphatic heterocycles. The van der Waals surface area contributed by atoms with Crippen molar-refractivity contribution in [2.24, 2.45) is 0 Å². The molecule has 3 rings (SSSR count). The van der Waals surface area contributed by atoms with Crippen LogP contribution in [0.5, 0.6) is 0 Å². The Morgan fingerprint density at radius 1 is 1.13 bits per heavy atom. The summed E-state index contributed by atoms with van der Waals surface area (Å²) in [5.74, 6) is -0.285. The summed E-state index contributed by atoms with van der Waals surface area (Å²) in [6.07, 6.45) is -0.324. The SMILES string of the molecule is O=C(OCc1ccccc1)N1CCN(c2cc[c]cc2F)CC1. The van der Waals surface area contributed by atoms with Crippen LogP contribution < -0.4 is 4.90 Å². The summed E-state index contributed by atoms with van der Waals surface area (Å²) in [5, 5.41) is 0. The van der Waals surface area contributed by atoms with Gasteiger partial charge in [0.25, 0.3) is 0 Å². The van der Waals surface area contributed by atoms with E-state index in [1.165, 1.54) is 6.07 Å². The minimum absolute atomic E-state index is 0.267. The Labute approximate surface area is 135 Å². The Morgan fingerprint density at radius 2 is 1.87 bits per heavy atom. The van der Waals surface area contributed by atoms with Crippen LogP contribution in [0.25, 0.3) is 0 Å². The number of hydrogen-bond acceptors (Lipinski definition) is 3. The van der Waals surface area contributed by atoms with Gasteiger partial charge in [0.15, 0.2) is 0 Å². The average molecular weight is 313 g/mol. The highest BCUT2D eigenvalue weighted by Crippen LogP contribution is 2.20. The van der Waals surface area contributed by atoms with Crippen molar-refractivity contribution in [1.82, 2.24) is 4.90 Å². The largest absolute Gasteiger partial charge is 0.445 e. The van der Waals surface area contributed by atoms with E-state index in [-0.39, 0.29) is 18.5 Å². The van der Waals surface area contributed by atoms with Gasteiger partial charge in [0.2, 0.25) is 0 Å². The molecular weight excluding hydrogens is 295 g/mol. The fraction of sp³-hybridized carbons (Fsp3) is 0.278. The zero-order valence-electron chi connectivity index (χ0n) is 12.7. The van der Waals surface area contributed by atoms with Gasteiger partial charge in [0.05, 0.1) is 5.69 Å². The fourth-order valence-corrected chi connectivity index (χ4v) is 2.60. The highest BCUT2D eigenvalue weighted by atomic mass is 19.1. The first-order valence-electron chi connectivity index (χ1n) is 7.60. The number of anilines is 1. The predicted octanol–water partition coefficient (Wildman–Crippen LogP) is 3.08. The Hall–Kier alpha value is -2.56. The first-order valence-corrected chi connectivity index (χ1v) is 7.60. The van der Waals surface area contributed by atoms with Crippen molar-refractivity contribution in [3.05, 3.63) is 66.0 Å². The van der Waals surface area contributed by atoms with Crippen molar-refractivity contribution in [3.8, 4) is 0 Å². The minimum atomic E-state index is -0.324. The molecule has 1 amide bonds. The first kappa shape index (κ1) is 15.3. The van der Waals surface area contributed by atoms with Gasteiger partial charge in [-0.25, -0.2) is 9.18 Å². The molecule has 2 aromatic rings. The van der Waals surface area contributed by atoms with E-state index in [0.717, 1.165) is 5.56 Å². The minimum Gasteiger partial charge on any atom is -0.445 e. The third-order valence-electron chi connectivity index (χ3n) is 3.88. The molecule has 5 heteroatoms. The molecule has 23 heavy (non-hydrogen) atoms. The molecule has 0 aliphatic carbocycles. The number of hydrogen-bond donors (Lipinski definition) is 0. The van der Waals surface area contributed by atoms with E-state index < -0.39 is 0 Å². The van der Waals surface area contributed by atoms with Gasteiger partial charge in [-0.3, -0.25) is 0 Å². The molecule has 1 heterocycles. The zero-order valence-corrected chi connectivity index (χ0v) is 12.7. The highest BCUT2D eigenvalue weighted by Gasteiger charge is 2.23. The third-order valence-corrected chi connectivity index (χ3v) is 3.88. The first-order chi connectivity index (χ1) is 11.2. The Morgan fingerprint density at radius 3 is 2.57 bits per heavy atom. The van der Waals surface area contributed by atoms with Crippen LogP contribution in [0.4, 0.5) is 14.9 Å². The fourth-order valence-electron chi connectivity index (χ4n) is 2.60. The van der Waals surface area contributed by atoms with E-state index in [4.69, 9.17) is 4.74 Å². The lowest BCUT2D eigenvalue weighted by Crippen LogP contribution is -2.49. The van der Waals surface area contributed by atoms with Crippen LogP contribution >= 0.6 is 0 Å². The van der Waals surface area contributed by atoms with Crippen LogP contribution in [0.3, 0.4) is 0 Å². The van der Waals surface area contributed by atoms with E-state index in [1.807, 2.05) is 35.2 Å². The molecule has 1 aliphatic rings. The topological polar surface area (TPSA) is 32.8 Å². The molecule has 0 spiro atoms. The number of halogens is 1. The molecule has 0 saturated carbocycles. The monoisotopic (exact) mass is 313 g/mol. The number of benzene rings is 2. The van der Waals surface area contributed by atoms with Crippen molar-refractivity contribution in [2.45, 2.75) is 6.61 Å². The van der Waals surface area contributed by atoms with Crippen molar-refractivity contribution >= 4 is 11.8 Å². The maximum absolute atomic E-state index is 13.8. The van der Waals surface area contributed by atoms with E-state index in [9.17, 15) is 9.18 Å². The van der Waals surface area contributed by atoms with Gasteiger partial charge >= 0.3 is 6.09 Å². The third kappa shape index (κ3) is 3.80. The molecule has 0 atom stereocenters. The lowest BCUT2D eigenvalue weighted by molar-refractivity contribution is 0.0941. The van der Waals surface area contributed by atoms with Crippen LogP contribution in [-0.2, 0) is 11.3 Å². The number of piperazine rings is 1. The average Bonchev–Trinajstić information content (AvgIpc) is 2.61. The molecule has 1 radical (unpaired) electrons. The second kappa shape index (κ2) is 7.13. The van der Waals surface area contributed by atoms with E-state index in [2.05, 4.69) is 6.07 Å². The van der Waals surface area contributed by atoms with Crippen LogP contribution in [-0.4, -0.2) is 37.2 Å². The normalized spacial score (nSPS) is 14.7. The number of amides is 1. The van der Waals surface area contributed by atoms with Gasteiger partial charge in [-0.2, -0.15) is 0 Å². The Balaban J connectivity index is 1.50. The molecule has 4 nitrogen and oxygen atoms in total. The molecule has 0 N–H and O–H groups in total. The summed E-state index contributed by atoms with van der Waals surface area (Å²) in [6, 6.07) is 17.0. The van der Waals surface area contributed by atoms with Crippen LogP contribution in [0.2, 0.25) is 0 Å². The number of rotatable bonds is 3. The summed E-state index contributed by atoms with van der Waals surface area (Å²) in [5.41, 5.74) is 1.52. The summed E-state index contributed by atoms with van der Waals surface area (Å²) < 4.78 is 19.1. The smallest absolute Gasteiger partial charge is 0.410 e. The summed E-state index contributed by atoms with van der Waals surface area (Å²) in [6.45, 7) is 2.48. The zero-order chi connectivity index (χ0) is 16.1. The molecule has 0 bridgehead atoms. The summed E-state index contributed by atoms with van der Waals surface area (Å²) in [7, 11) is 0.